The predicted octanol–water partition coefficient (Wildman–Crippen LogP) is 3.53. The number of nitrogens with one attached hydrogen (secondary N) is 2. The number of anilines is 1. The second kappa shape index (κ2) is 17.2. The van der Waals surface area contributed by atoms with Crippen LogP contribution in [-0.2, 0) is 36.8 Å². The van der Waals surface area contributed by atoms with Crippen LogP contribution < -0.4 is 11.1 Å². The summed E-state index contributed by atoms with van der Waals surface area (Å²) in [5, 5.41) is 30.6. The van der Waals surface area contributed by atoms with Gasteiger partial charge < -0.3 is 30.4 Å². The summed E-state index contributed by atoms with van der Waals surface area (Å²) in [6, 6.07) is 6.95. The number of Topliss-reactive ketones (excluding diaryl/α,β-unsaturated/α-hetero) is 1. The molecule has 1 aromatic carbocycles. The minimum atomic E-state index is -1.24. The first-order chi connectivity index (χ1) is 25.2. The molecule has 53 heavy (non-hydrogen) atoms. The summed E-state index contributed by atoms with van der Waals surface area (Å²) in [4.78, 5) is 30.4. The summed E-state index contributed by atoms with van der Waals surface area (Å²) >= 11 is 0. The highest BCUT2D eigenvalue weighted by molar-refractivity contribution is 6.15. The van der Waals surface area contributed by atoms with Crippen molar-refractivity contribution in [1.82, 2.24) is 35.4 Å². The average Bonchev–Trinajstić information content (AvgIpc) is 3.89. The topological polar surface area (TPSA) is 183 Å². The quantitative estimate of drug-likeness (QED) is 0.0784. The van der Waals surface area contributed by atoms with Crippen molar-refractivity contribution in [1.29, 1.82) is 0 Å². The number of cyclic esters (lactones) is 1. The van der Waals surface area contributed by atoms with Crippen LogP contribution in [0.15, 0.2) is 42.9 Å². The van der Waals surface area contributed by atoms with Crippen LogP contribution in [0.25, 0.3) is 11.3 Å². The highest BCUT2D eigenvalue weighted by Gasteiger charge is 2.57. The number of H-pyrrole nitrogens is 1. The van der Waals surface area contributed by atoms with Gasteiger partial charge in [0.05, 0.1) is 31.9 Å². The standard InChI is InChI=1S/C38H57BN8O6/c1-8-31-38(6)34(47(36(50)53-38)15-10-9-14-46-22-30(44-45-46)27-12-11-13-28(40)17-27)25(4)41-19-23(2)18-37(5,51-7)33(39)24(3)32(48)29(35(49)52-31)16-26-20-42-43-21-26/h11-13,17,20-25,29,31,33-34,36,41,50H,8-10,14-16,18-19,40H2,1-7H3,(H,42,43)/t23-,24+,25-,29-,31-,33-,34-,36?,37-,38-/m1/s1. The van der Waals surface area contributed by atoms with E-state index in [-0.39, 0.29) is 24.2 Å². The molecular formula is C38H57BN8O6. The lowest BCUT2D eigenvalue weighted by Gasteiger charge is -2.42. The highest BCUT2D eigenvalue weighted by Crippen LogP contribution is 2.41. The number of ketones is 1. The fourth-order valence-corrected chi connectivity index (χ4v) is 8.33. The Kier molecular flexibility index (Phi) is 13.2. The normalized spacial score (nSPS) is 33.6. The van der Waals surface area contributed by atoms with Gasteiger partial charge in [-0.1, -0.05) is 38.1 Å². The lowest BCUT2D eigenvalue weighted by atomic mass is 9.62. The van der Waals surface area contributed by atoms with Crippen LogP contribution in [0.1, 0.15) is 72.8 Å². The Balaban J connectivity index is 1.39. The lowest BCUT2D eigenvalue weighted by molar-refractivity contribution is -0.207. The maximum absolute atomic E-state index is 14.2. The van der Waals surface area contributed by atoms with E-state index in [4.69, 9.17) is 27.8 Å². The number of benzene rings is 1. The molecular weight excluding hydrogens is 675 g/mol. The molecule has 288 valence electrons. The molecule has 10 atom stereocenters. The summed E-state index contributed by atoms with van der Waals surface area (Å²) in [6.07, 6.45) is 5.71. The Morgan fingerprint density at radius 2 is 1.92 bits per heavy atom. The first-order valence-corrected chi connectivity index (χ1v) is 18.8. The molecule has 2 fully saturated rings. The van der Waals surface area contributed by atoms with Crippen LogP contribution >= 0.6 is 0 Å². The van der Waals surface area contributed by atoms with Crippen LogP contribution in [0.5, 0.6) is 0 Å². The van der Waals surface area contributed by atoms with E-state index in [1.54, 1.807) is 26.4 Å². The first kappa shape index (κ1) is 40.6. The maximum atomic E-state index is 14.2. The van der Waals surface area contributed by atoms with Crippen LogP contribution in [0.3, 0.4) is 0 Å². The summed E-state index contributed by atoms with van der Waals surface area (Å²) in [6.45, 7) is 13.4. The van der Waals surface area contributed by atoms with Gasteiger partial charge in [-0.2, -0.15) is 5.10 Å². The van der Waals surface area contributed by atoms with Gasteiger partial charge in [-0.25, -0.2) is 4.90 Å². The van der Waals surface area contributed by atoms with Crippen LogP contribution in [0.2, 0.25) is 5.82 Å². The zero-order valence-electron chi connectivity index (χ0n) is 32.2. The molecule has 0 bridgehead atoms. The summed E-state index contributed by atoms with van der Waals surface area (Å²) in [5.74, 6) is -3.40. The van der Waals surface area contributed by atoms with Gasteiger partial charge in [0.25, 0.3) is 0 Å². The number of hydrogen-bond donors (Lipinski definition) is 4. The molecule has 3 aromatic rings. The lowest BCUT2D eigenvalue weighted by Crippen LogP contribution is -2.61. The Bertz CT molecular complexity index is 1660. The van der Waals surface area contributed by atoms with Gasteiger partial charge >= 0.3 is 5.97 Å². The summed E-state index contributed by atoms with van der Waals surface area (Å²) in [7, 11) is 8.43. The number of nitrogens with zero attached hydrogens (tertiary/aromatic N) is 5. The summed E-state index contributed by atoms with van der Waals surface area (Å²) < 4.78 is 20.5. The molecule has 5 rings (SSSR count). The van der Waals surface area contributed by atoms with Gasteiger partial charge in [0.2, 0.25) is 6.41 Å². The molecule has 2 aliphatic heterocycles. The van der Waals surface area contributed by atoms with Crippen molar-refractivity contribution >= 4 is 25.3 Å². The molecule has 0 spiro atoms. The fourth-order valence-electron chi connectivity index (χ4n) is 8.33. The number of rotatable bonds is 10. The van der Waals surface area contributed by atoms with E-state index in [1.807, 2.05) is 60.8 Å². The number of carbonyl (C=O) groups is 2. The summed E-state index contributed by atoms with van der Waals surface area (Å²) in [5.41, 5.74) is 7.00. The zero-order chi connectivity index (χ0) is 38.5. The number of aliphatic hydroxyl groups is 1. The number of fused-ring (bicyclic) bond motifs is 1. The van der Waals surface area contributed by atoms with E-state index in [0.717, 1.165) is 24.1 Å². The van der Waals surface area contributed by atoms with Crippen molar-refractivity contribution in [2.45, 2.75) is 122 Å². The number of nitrogen functional groups attached to an aromatic ring is 1. The van der Waals surface area contributed by atoms with Crippen molar-refractivity contribution in [3.8, 4) is 11.3 Å². The van der Waals surface area contributed by atoms with Gasteiger partial charge in [0, 0.05) is 49.6 Å². The van der Waals surface area contributed by atoms with E-state index < -0.39 is 53.4 Å². The average molecular weight is 733 g/mol. The Hall–Kier alpha value is -3.63. The second-order valence-corrected chi connectivity index (χ2v) is 15.4. The van der Waals surface area contributed by atoms with Crippen molar-refractivity contribution in [3.63, 3.8) is 0 Å². The van der Waals surface area contributed by atoms with Gasteiger partial charge in [-0.05, 0) is 88.9 Å². The number of unbranched alkanes of at least 4 members (excludes halogenated alkanes) is 1. The molecule has 0 saturated carbocycles. The third-order valence-corrected chi connectivity index (χ3v) is 11.4. The molecule has 0 aliphatic carbocycles. The van der Waals surface area contributed by atoms with Crippen molar-refractivity contribution < 1.29 is 28.9 Å². The number of hydrogen-bond acceptors (Lipinski definition) is 12. The number of aryl methyl sites for hydroxylation is 1. The minimum absolute atomic E-state index is 0.0993. The second-order valence-electron chi connectivity index (χ2n) is 15.4. The van der Waals surface area contributed by atoms with E-state index in [9.17, 15) is 14.7 Å². The number of aromatic amines is 1. The highest BCUT2D eigenvalue weighted by atomic mass is 16.7. The first-order valence-electron chi connectivity index (χ1n) is 18.8. The van der Waals surface area contributed by atoms with Crippen LogP contribution in [0, 0.1) is 17.8 Å². The van der Waals surface area contributed by atoms with Crippen molar-refractivity contribution in [2.24, 2.45) is 17.8 Å². The molecule has 2 aromatic heterocycles. The van der Waals surface area contributed by atoms with Gasteiger partial charge in [0.1, 0.15) is 29.1 Å². The van der Waals surface area contributed by atoms with Crippen LogP contribution in [-0.4, -0.2) is 111 Å². The third-order valence-electron chi connectivity index (χ3n) is 11.4. The number of methoxy groups -OCH3 is 1. The minimum Gasteiger partial charge on any atom is -0.459 e. The van der Waals surface area contributed by atoms with Gasteiger partial charge in [-0.3, -0.25) is 19.4 Å². The molecule has 2 aliphatic rings. The molecule has 2 saturated heterocycles. The van der Waals surface area contributed by atoms with E-state index in [0.29, 0.717) is 43.7 Å². The van der Waals surface area contributed by atoms with Gasteiger partial charge in [0.15, 0.2) is 0 Å². The molecule has 15 heteroatoms. The number of esters is 1. The fraction of sp³-hybridized carbons (Fsp3) is 0.658. The SMILES string of the molecule is [B][C@@H]1[C@@H](C)C(=O)[C@@H](Cc2cn[nH]c2)C(=O)O[C@H](CC)[C@@]2(C)OC(O)N(CCCCn3cc(-c4cccc(N)c4)nn3)[C@@H]2[C@@H](C)NC[C@H](C)C[C@@]1(C)OC. The number of aliphatic hydroxyl groups excluding tert-OH is 1. The Labute approximate surface area is 314 Å². The molecule has 5 N–H and O–H groups in total. The van der Waals surface area contributed by atoms with Crippen LogP contribution in [0.4, 0.5) is 5.69 Å². The third kappa shape index (κ3) is 9.02. The van der Waals surface area contributed by atoms with E-state index >= 15 is 0 Å². The number of aromatic nitrogens is 5. The number of carbonyl (C=O) groups excluding carboxylic acids is 2. The predicted molar refractivity (Wildman–Crippen MR) is 201 cm³/mol. The largest absolute Gasteiger partial charge is 0.459 e. The molecule has 2 radical (unpaired) electrons. The van der Waals surface area contributed by atoms with Crippen molar-refractivity contribution in [2.75, 3.05) is 25.9 Å². The monoisotopic (exact) mass is 732 g/mol. The number of ether oxygens (including phenoxy) is 3. The molecule has 0 amide bonds. The van der Waals surface area contributed by atoms with E-state index in [2.05, 4.69) is 39.7 Å². The molecule has 4 heterocycles. The maximum Gasteiger partial charge on any atom is 0.317 e. The Morgan fingerprint density at radius 1 is 1.17 bits per heavy atom. The molecule has 1 unspecified atom stereocenters. The molecule has 14 nitrogen and oxygen atoms in total. The van der Waals surface area contributed by atoms with Crippen molar-refractivity contribution in [3.05, 3.63) is 48.4 Å². The Morgan fingerprint density at radius 3 is 2.60 bits per heavy atom. The smallest absolute Gasteiger partial charge is 0.317 e. The van der Waals surface area contributed by atoms with E-state index in [1.165, 1.54) is 0 Å². The van der Waals surface area contributed by atoms with Gasteiger partial charge in [-0.15, -0.1) is 5.10 Å². The number of nitrogens with two attached hydrogens (primary N) is 1. The zero-order valence-corrected chi connectivity index (χ0v) is 32.2.